The third kappa shape index (κ3) is 6.87. The van der Waals surface area contributed by atoms with E-state index in [2.05, 4.69) is 102 Å². The number of methoxy groups -OCH3 is 1. The molecule has 41 heavy (non-hydrogen) atoms. The van der Waals surface area contributed by atoms with Crippen molar-refractivity contribution in [3.05, 3.63) is 77.5 Å². The maximum absolute atomic E-state index is 6.84. The van der Waals surface area contributed by atoms with Gasteiger partial charge in [0.25, 0.3) is 0 Å². The summed E-state index contributed by atoms with van der Waals surface area (Å²) in [7, 11) is -0.252. The van der Waals surface area contributed by atoms with Gasteiger partial charge >= 0.3 is 0 Å². The van der Waals surface area contributed by atoms with Crippen LogP contribution >= 0.6 is 0 Å². The van der Waals surface area contributed by atoms with Crippen LogP contribution in [-0.2, 0) is 15.6 Å². The van der Waals surface area contributed by atoms with Gasteiger partial charge in [-0.2, -0.15) is 0 Å². The van der Waals surface area contributed by atoms with E-state index >= 15 is 0 Å². The van der Waals surface area contributed by atoms with E-state index < -0.39 is 8.32 Å². The van der Waals surface area contributed by atoms with Crippen molar-refractivity contribution in [1.82, 2.24) is 4.98 Å². The Kier molecular flexibility index (Phi) is 10.7. The fourth-order valence-corrected chi connectivity index (χ4v) is 12.5. The Balaban J connectivity index is 1.43. The van der Waals surface area contributed by atoms with E-state index in [-0.39, 0.29) is 12.2 Å². The molecule has 6 heteroatoms. The summed E-state index contributed by atoms with van der Waals surface area (Å²) < 4.78 is 24.8. The standard InChI is InChI=1S/C35H49NO4Si/c1-9-38-33(21-22-39-41(24(2)3,25(4)5)26(6)7)27-13-16-29(17-14-27)40-34-19-18-31-30(11-10-12-32(31)34)28-15-20-35(37-8)36-23-28/h10-17,20,23-26,33-34H,9,18-19,21-22H2,1-8H3/t33-,34+/m0/s1. The highest BCUT2D eigenvalue weighted by molar-refractivity contribution is 6.77. The third-order valence-corrected chi connectivity index (χ3v) is 14.9. The Morgan fingerprint density at radius 2 is 1.61 bits per heavy atom. The average Bonchev–Trinajstić information content (AvgIpc) is 3.37. The molecule has 1 aliphatic rings. The molecule has 0 N–H and O–H groups in total. The summed E-state index contributed by atoms with van der Waals surface area (Å²) in [5, 5.41) is 0. The van der Waals surface area contributed by atoms with Crippen molar-refractivity contribution in [1.29, 1.82) is 0 Å². The molecule has 2 atom stereocenters. The Labute approximate surface area is 248 Å². The number of ether oxygens (including phenoxy) is 3. The molecule has 222 valence electrons. The zero-order chi connectivity index (χ0) is 29.6. The van der Waals surface area contributed by atoms with Crippen molar-refractivity contribution in [3.8, 4) is 22.8 Å². The molecule has 5 nitrogen and oxygen atoms in total. The van der Waals surface area contributed by atoms with E-state index in [1.165, 1.54) is 22.3 Å². The molecule has 1 aliphatic carbocycles. The lowest BCUT2D eigenvalue weighted by Gasteiger charge is -2.42. The molecule has 1 heterocycles. The predicted octanol–water partition coefficient (Wildman–Crippen LogP) is 9.48. The summed E-state index contributed by atoms with van der Waals surface area (Å²) >= 11 is 0. The monoisotopic (exact) mass is 575 g/mol. The Hall–Kier alpha value is -2.67. The maximum atomic E-state index is 6.84. The molecule has 0 saturated heterocycles. The summed E-state index contributed by atoms with van der Waals surface area (Å²) in [6.45, 7) is 17.5. The van der Waals surface area contributed by atoms with Crippen molar-refractivity contribution in [2.75, 3.05) is 20.3 Å². The van der Waals surface area contributed by atoms with Crippen LogP contribution in [0.5, 0.6) is 11.6 Å². The van der Waals surface area contributed by atoms with Gasteiger partial charge in [0.1, 0.15) is 11.9 Å². The molecule has 2 aromatic carbocycles. The van der Waals surface area contributed by atoms with Crippen LogP contribution in [0.2, 0.25) is 16.6 Å². The molecule has 0 bridgehead atoms. The smallest absolute Gasteiger partial charge is 0.212 e. The topological polar surface area (TPSA) is 49.8 Å². The van der Waals surface area contributed by atoms with Crippen molar-refractivity contribution in [2.45, 2.75) is 96.6 Å². The molecule has 0 radical (unpaired) electrons. The van der Waals surface area contributed by atoms with E-state index in [1.54, 1.807) is 7.11 Å². The molecular formula is C35H49NO4Si. The lowest BCUT2D eigenvalue weighted by molar-refractivity contribution is 0.0439. The second kappa shape index (κ2) is 14.0. The second-order valence-electron chi connectivity index (χ2n) is 12.1. The SMILES string of the molecule is CCO[C@@H](CCO[Si](C(C)C)(C(C)C)C(C)C)c1ccc(O[C@@H]2CCc3c(-c4ccc(OC)nc4)cccc32)cc1. The zero-order valence-electron chi connectivity index (χ0n) is 26.3. The maximum Gasteiger partial charge on any atom is 0.212 e. The second-order valence-corrected chi connectivity index (χ2v) is 17.5. The van der Waals surface area contributed by atoms with Gasteiger partial charge < -0.3 is 18.6 Å². The normalized spacial score (nSPS) is 15.9. The number of hydrogen-bond donors (Lipinski definition) is 0. The molecule has 3 aromatic rings. The van der Waals surface area contributed by atoms with E-state index in [4.69, 9.17) is 18.6 Å². The van der Waals surface area contributed by atoms with E-state index in [0.29, 0.717) is 29.1 Å². The van der Waals surface area contributed by atoms with Crippen molar-refractivity contribution in [3.63, 3.8) is 0 Å². The number of aromatic nitrogens is 1. The molecular weight excluding hydrogens is 526 g/mol. The molecule has 0 aliphatic heterocycles. The Morgan fingerprint density at radius 3 is 2.20 bits per heavy atom. The molecule has 1 aromatic heterocycles. The van der Waals surface area contributed by atoms with Gasteiger partial charge in [0, 0.05) is 31.0 Å². The molecule has 0 amide bonds. The van der Waals surface area contributed by atoms with Gasteiger partial charge in [-0.3, -0.25) is 0 Å². The zero-order valence-corrected chi connectivity index (χ0v) is 27.3. The lowest BCUT2D eigenvalue weighted by Crippen LogP contribution is -2.48. The van der Waals surface area contributed by atoms with Crippen LogP contribution in [0.3, 0.4) is 0 Å². The van der Waals surface area contributed by atoms with Gasteiger partial charge in [-0.25, -0.2) is 4.98 Å². The average molecular weight is 576 g/mol. The van der Waals surface area contributed by atoms with E-state index in [0.717, 1.165) is 37.2 Å². The minimum absolute atomic E-state index is 0.0140. The molecule has 4 rings (SSSR count). The third-order valence-electron chi connectivity index (χ3n) is 8.81. The first-order valence-electron chi connectivity index (χ1n) is 15.4. The minimum Gasteiger partial charge on any atom is -0.486 e. The fraction of sp³-hybridized carbons (Fsp3) is 0.514. The fourth-order valence-electron chi connectivity index (χ4n) is 6.98. The van der Waals surface area contributed by atoms with Crippen molar-refractivity contribution in [2.24, 2.45) is 0 Å². The van der Waals surface area contributed by atoms with Crippen molar-refractivity contribution < 1.29 is 18.6 Å². The van der Waals surface area contributed by atoms with Crippen LogP contribution < -0.4 is 9.47 Å². The first kappa shape index (κ1) is 31.3. The summed E-state index contributed by atoms with van der Waals surface area (Å²) in [6.07, 6.45) is 4.75. The number of benzene rings is 2. The van der Waals surface area contributed by atoms with Crippen LogP contribution in [0.1, 0.15) is 90.2 Å². The van der Waals surface area contributed by atoms with Gasteiger partial charge in [-0.1, -0.05) is 71.9 Å². The van der Waals surface area contributed by atoms with Gasteiger partial charge in [0.15, 0.2) is 8.32 Å². The Morgan fingerprint density at radius 1 is 0.902 bits per heavy atom. The highest BCUT2D eigenvalue weighted by Gasteiger charge is 2.45. The summed E-state index contributed by atoms with van der Waals surface area (Å²) in [5.74, 6) is 1.52. The van der Waals surface area contributed by atoms with Gasteiger partial charge in [-0.15, -0.1) is 0 Å². The number of hydrogen-bond acceptors (Lipinski definition) is 5. The summed E-state index contributed by atoms with van der Waals surface area (Å²) in [4.78, 5) is 4.40. The van der Waals surface area contributed by atoms with Crippen molar-refractivity contribution >= 4 is 8.32 Å². The van der Waals surface area contributed by atoms with Crippen LogP contribution in [0.4, 0.5) is 0 Å². The van der Waals surface area contributed by atoms with Crippen LogP contribution in [0, 0.1) is 0 Å². The van der Waals surface area contributed by atoms with Gasteiger partial charge in [-0.05, 0) is 83.3 Å². The summed E-state index contributed by atoms with van der Waals surface area (Å²) in [5.41, 5.74) is 7.85. The predicted molar refractivity (Wildman–Crippen MR) is 170 cm³/mol. The van der Waals surface area contributed by atoms with Crippen LogP contribution in [-0.4, -0.2) is 33.6 Å². The molecule has 0 fully saturated rings. The first-order chi connectivity index (χ1) is 19.7. The van der Waals surface area contributed by atoms with Crippen LogP contribution in [0.15, 0.2) is 60.8 Å². The number of fused-ring (bicyclic) bond motifs is 1. The number of nitrogens with zero attached hydrogens (tertiary/aromatic N) is 1. The molecule has 0 unspecified atom stereocenters. The van der Waals surface area contributed by atoms with E-state index in [1.807, 2.05) is 12.3 Å². The summed E-state index contributed by atoms with van der Waals surface area (Å²) in [6, 6.07) is 19.0. The van der Waals surface area contributed by atoms with E-state index in [9.17, 15) is 0 Å². The Bertz CT molecular complexity index is 1220. The number of rotatable bonds is 14. The quantitative estimate of drug-likeness (QED) is 0.179. The lowest BCUT2D eigenvalue weighted by atomic mass is 9.98. The largest absolute Gasteiger partial charge is 0.486 e. The minimum atomic E-state index is -1.89. The van der Waals surface area contributed by atoms with Gasteiger partial charge in [0.05, 0.1) is 13.2 Å². The first-order valence-corrected chi connectivity index (χ1v) is 17.5. The van der Waals surface area contributed by atoms with Gasteiger partial charge in [0.2, 0.25) is 5.88 Å². The highest BCUT2D eigenvalue weighted by atomic mass is 28.4. The molecule has 0 saturated carbocycles. The highest BCUT2D eigenvalue weighted by Crippen LogP contribution is 2.43. The van der Waals surface area contributed by atoms with Crippen LogP contribution in [0.25, 0.3) is 11.1 Å². The number of pyridine rings is 1. The molecule has 0 spiro atoms.